The summed E-state index contributed by atoms with van der Waals surface area (Å²) in [5.41, 5.74) is 1.42. The molecule has 196 valence electrons. The molecule has 0 aliphatic heterocycles. The molecule has 0 saturated carbocycles. The second kappa shape index (κ2) is 11.9. The number of hydrogen-bond acceptors (Lipinski definition) is 8. The highest BCUT2D eigenvalue weighted by molar-refractivity contribution is 7.99. The lowest BCUT2D eigenvalue weighted by atomic mass is 10.1. The Hall–Kier alpha value is -3.25. The quantitative estimate of drug-likeness (QED) is 0.196. The summed E-state index contributed by atoms with van der Waals surface area (Å²) in [6.07, 6.45) is 3.58. The Morgan fingerprint density at radius 3 is 2.86 bits per heavy atom. The summed E-state index contributed by atoms with van der Waals surface area (Å²) in [7, 11) is 0. The maximum absolute atomic E-state index is 14.0. The maximum atomic E-state index is 14.0. The number of amides is 1. The standard InChI is InChI=1S/C25H26F2N4O4S2/c1-4-11-31-22(14(3)35-18-10-9-15(26)12-17(18)27)29-30-25(31)36-13-20(32)28-23-21(24(33)34-5-2)16-7-6-8-19(16)37-23/h4,9-10,12,14H,1,5-8,11,13H2,2-3H3,(H,28,32). The molecule has 37 heavy (non-hydrogen) atoms. The molecule has 1 N–H and O–H groups in total. The van der Waals surface area contributed by atoms with Crippen LogP contribution in [0.5, 0.6) is 5.75 Å². The average molecular weight is 549 g/mol. The summed E-state index contributed by atoms with van der Waals surface area (Å²) >= 11 is 2.57. The topological polar surface area (TPSA) is 95.3 Å². The molecule has 1 aliphatic rings. The van der Waals surface area contributed by atoms with Crippen LogP contribution in [0.2, 0.25) is 0 Å². The van der Waals surface area contributed by atoms with E-state index in [0.717, 1.165) is 53.6 Å². The molecular weight excluding hydrogens is 522 g/mol. The molecule has 0 fully saturated rings. The molecule has 2 aromatic heterocycles. The number of nitrogens with one attached hydrogen (secondary N) is 1. The molecular formula is C25H26F2N4O4S2. The maximum Gasteiger partial charge on any atom is 0.341 e. The minimum atomic E-state index is -0.824. The van der Waals surface area contributed by atoms with Gasteiger partial charge in [0.25, 0.3) is 0 Å². The minimum Gasteiger partial charge on any atom is -0.480 e. The van der Waals surface area contributed by atoms with E-state index in [-0.39, 0.29) is 24.0 Å². The number of aromatic nitrogens is 3. The first-order valence-electron chi connectivity index (χ1n) is 11.7. The number of hydrogen-bond donors (Lipinski definition) is 1. The van der Waals surface area contributed by atoms with Crippen molar-refractivity contribution in [2.24, 2.45) is 0 Å². The largest absolute Gasteiger partial charge is 0.480 e. The molecule has 0 spiro atoms. The minimum absolute atomic E-state index is 0.0158. The lowest BCUT2D eigenvalue weighted by Crippen LogP contribution is -2.17. The van der Waals surface area contributed by atoms with Crippen LogP contribution in [0.1, 0.15) is 53.0 Å². The van der Waals surface area contributed by atoms with Gasteiger partial charge >= 0.3 is 5.97 Å². The molecule has 12 heteroatoms. The fourth-order valence-electron chi connectivity index (χ4n) is 4.03. The zero-order valence-corrected chi connectivity index (χ0v) is 22.0. The molecule has 8 nitrogen and oxygen atoms in total. The number of fused-ring (bicyclic) bond motifs is 1. The number of carbonyl (C=O) groups is 2. The van der Waals surface area contributed by atoms with Crippen LogP contribution in [0.25, 0.3) is 0 Å². The van der Waals surface area contributed by atoms with Crippen LogP contribution in [0.3, 0.4) is 0 Å². The van der Waals surface area contributed by atoms with Crippen molar-refractivity contribution in [1.82, 2.24) is 14.8 Å². The first kappa shape index (κ1) is 26.8. The molecule has 0 saturated heterocycles. The summed E-state index contributed by atoms with van der Waals surface area (Å²) in [5.74, 6) is -1.96. The number of carbonyl (C=O) groups excluding carboxylic acids is 2. The molecule has 0 radical (unpaired) electrons. The van der Waals surface area contributed by atoms with E-state index >= 15 is 0 Å². The third-order valence-corrected chi connectivity index (χ3v) is 7.78. The number of nitrogens with zero attached hydrogens (tertiary/aromatic N) is 3. The SMILES string of the molecule is C=CCn1c(SCC(=O)Nc2sc3c(c2C(=O)OCC)CCC3)nnc1C(C)Oc1ccc(F)cc1F. The second-order valence-electron chi connectivity index (χ2n) is 8.19. The number of anilines is 1. The molecule has 1 unspecified atom stereocenters. The first-order chi connectivity index (χ1) is 17.8. The summed E-state index contributed by atoms with van der Waals surface area (Å²) in [5, 5.41) is 12.1. The van der Waals surface area contributed by atoms with Gasteiger partial charge in [-0.2, -0.15) is 0 Å². The van der Waals surface area contributed by atoms with Gasteiger partial charge in [0.2, 0.25) is 5.91 Å². The van der Waals surface area contributed by atoms with E-state index in [4.69, 9.17) is 9.47 Å². The van der Waals surface area contributed by atoms with E-state index < -0.39 is 23.7 Å². The van der Waals surface area contributed by atoms with Gasteiger partial charge in [0.05, 0.1) is 17.9 Å². The van der Waals surface area contributed by atoms with E-state index in [2.05, 4.69) is 22.1 Å². The highest BCUT2D eigenvalue weighted by atomic mass is 32.2. The second-order valence-corrected chi connectivity index (χ2v) is 10.2. The van der Waals surface area contributed by atoms with Gasteiger partial charge in [0.1, 0.15) is 10.8 Å². The molecule has 0 bridgehead atoms. The highest BCUT2D eigenvalue weighted by Crippen LogP contribution is 2.39. The summed E-state index contributed by atoms with van der Waals surface area (Å²) < 4.78 is 39.8. The number of thiophene rings is 1. The van der Waals surface area contributed by atoms with Crippen molar-refractivity contribution in [2.75, 3.05) is 17.7 Å². The van der Waals surface area contributed by atoms with Gasteiger partial charge in [-0.3, -0.25) is 9.36 Å². The number of esters is 1. The van der Waals surface area contributed by atoms with Gasteiger partial charge in [0.15, 0.2) is 28.7 Å². The van der Waals surface area contributed by atoms with E-state index in [1.165, 1.54) is 17.4 Å². The van der Waals surface area contributed by atoms with Crippen LogP contribution in [0.4, 0.5) is 13.8 Å². The van der Waals surface area contributed by atoms with Gasteiger partial charge in [0, 0.05) is 17.5 Å². The molecule has 2 heterocycles. The lowest BCUT2D eigenvalue weighted by molar-refractivity contribution is -0.113. The Morgan fingerprint density at radius 1 is 1.32 bits per heavy atom. The van der Waals surface area contributed by atoms with Crippen LogP contribution in [-0.4, -0.2) is 39.0 Å². The number of rotatable bonds is 11. The van der Waals surface area contributed by atoms with Crippen LogP contribution in [0, 0.1) is 11.6 Å². The number of allylic oxidation sites excluding steroid dienone is 1. The summed E-state index contributed by atoms with van der Waals surface area (Å²) in [6.45, 7) is 7.75. The fourth-order valence-corrected chi connectivity index (χ4v) is 6.07. The molecule has 1 aromatic carbocycles. The third kappa shape index (κ3) is 6.02. The first-order valence-corrected chi connectivity index (χ1v) is 13.5. The Labute approximate surface area is 221 Å². The van der Waals surface area contributed by atoms with Crippen molar-refractivity contribution in [1.29, 1.82) is 0 Å². The van der Waals surface area contributed by atoms with Gasteiger partial charge in [-0.05, 0) is 50.8 Å². The lowest BCUT2D eigenvalue weighted by Gasteiger charge is -2.16. The Morgan fingerprint density at radius 2 is 2.14 bits per heavy atom. The number of benzene rings is 1. The number of aryl methyl sites for hydroxylation is 1. The Kier molecular flexibility index (Phi) is 8.59. The number of ether oxygens (including phenoxy) is 2. The predicted octanol–water partition coefficient (Wildman–Crippen LogP) is 5.34. The molecule has 4 rings (SSSR count). The highest BCUT2D eigenvalue weighted by Gasteiger charge is 2.28. The zero-order valence-electron chi connectivity index (χ0n) is 20.4. The van der Waals surface area contributed by atoms with Gasteiger partial charge < -0.3 is 14.8 Å². The van der Waals surface area contributed by atoms with E-state index in [1.54, 1.807) is 24.5 Å². The Balaban J connectivity index is 1.45. The smallest absolute Gasteiger partial charge is 0.341 e. The van der Waals surface area contributed by atoms with Crippen molar-refractivity contribution in [2.45, 2.75) is 50.9 Å². The molecule has 1 aliphatic carbocycles. The van der Waals surface area contributed by atoms with E-state index in [0.29, 0.717) is 28.1 Å². The van der Waals surface area contributed by atoms with Gasteiger partial charge in [-0.25, -0.2) is 13.6 Å². The Bertz CT molecular complexity index is 1320. The van der Waals surface area contributed by atoms with Crippen molar-refractivity contribution in [3.63, 3.8) is 0 Å². The van der Waals surface area contributed by atoms with Crippen LogP contribution in [0.15, 0.2) is 36.0 Å². The van der Waals surface area contributed by atoms with Crippen molar-refractivity contribution < 1.29 is 27.8 Å². The van der Waals surface area contributed by atoms with Crippen LogP contribution < -0.4 is 10.1 Å². The monoisotopic (exact) mass is 548 g/mol. The fraction of sp³-hybridized carbons (Fsp3) is 0.360. The third-order valence-electron chi connectivity index (χ3n) is 5.60. The van der Waals surface area contributed by atoms with Crippen molar-refractivity contribution >= 4 is 40.0 Å². The normalized spacial score (nSPS) is 13.2. The number of halogens is 2. The molecule has 1 atom stereocenters. The van der Waals surface area contributed by atoms with E-state index in [1.807, 2.05) is 0 Å². The van der Waals surface area contributed by atoms with Gasteiger partial charge in [-0.15, -0.1) is 28.1 Å². The zero-order chi connectivity index (χ0) is 26.5. The van der Waals surface area contributed by atoms with E-state index in [9.17, 15) is 18.4 Å². The van der Waals surface area contributed by atoms with Crippen LogP contribution >= 0.6 is 23.1 Å². The summed E-state index contributed by atoms with van der Waals surface area (Å²) in [6, 6.07) is 3.06. The molecule has 3 aromatic rings. The average Bonchev–Trinajstić information content (AvgIpc) is 3.54. The summed E-state index contributed by atoms with van der Waals surface area (Å²) in [4.78, 5) is 26.5. The van der Waals surface area contributed by atoms with Gasteiger partial charge in [-0.1, -0.05) is 17.8 Å². The predicted molar refractivity (Wildman–Crippen MR) is 137 cm³/mol. The molecule has 1 amide bonds. The van der Waals surface area contributed by atoms with Crippen molar-refractivity contribution in [3.05, 3.63) is 64.3 Å². The van der Waals surface area contributed by atoms with Crippen LogP contribution in [-0.2, 0) is 28.9 Å². The van der Waals surface area contributed by atoms with Crippen molar-refractivity contribution in [3.8, 4) is 5.75 Å². The number of thioether (sulfide) groups is 1.